The Kier molecular flexibility index (Phi) is 5.06. The van der Waals surface area contributed by atoms with Crippen LogP contribution in [0.4, 0.5) is 0 Å². The lowest BCUT2D eigenvalue weighted by molar-refractivity contribution is 0.156. The third-order valence-electron chi connectivity index (χ3n) is 5.61. The molecule has 0 amide bonds. The Hall–Kier alpha value is -0.340. The number of hydrogen-bond donors (Lipinski definition) is 1. The molecule has 21 heavy (non-hydrogen) atoms. The molecular formula is C19H31NS. The van der Waals surface area contributed by atoms with Gasteiger partial charge in [-0.15, -0.1) is 11.3 Å². The molecule has 118 valence electrons. The molecule has 0 bridgehead atoms. The Balaban J connectivity index is 1.56. The first kappa shape index (κ1) is 15.6. The average molecular weight is 306 g/mol. The van der Waals surface area contributed by atoms with E-state index >= 15 is 0 Å². The summed E-state index contributed by atoms with van der Waals surface area (Å²) in [6.45, 7) is 5.80. The van der Waals surface area contributed by atoms with Gasteiger partial charge in [0.25, 0.3) is 0 Å². The Labute approximate surface area is 134 Å². The Morgan fingerprint density at radius 3 is 2.52 bits per heavy atom. The third-order valence-corrected chi connectivity index (χ3v) is 6.82. The Morgan fingerprint density at radius 2 is 1.90 bits per heavy atom. The lowest BCUT2D eigenvalue weighted by Gasteiger charge is -2.38. The van der Waals surface area contributed by atoms with Crippen LogP contribution in [0.25, 0.3) is 0 Å². The van der Waals surface area contributed by atoms with E-state index < -0.39 is 0 Å². The molecule has 1 heterocycles. The molecule has 0 aromatic carbocycles. The highest BCUT2D eigenvalue weighted by molar-refractivity contribution is 7.12. The first-order valence-electron chi connectivity index (χ1n) is 8.96. The molecule has 1 aromatic heterocycles. The maximum absolute atomic E-state index is 3.74. The first-order chi connectivity index (χ1) is 10.2. The molecule has 1 nitrogen and oxygen atoms in total. The fourth-order valence-corrected chi connectivity index (χ4v) is 5.12. The van der Waals surface area contributed by atoms with Gasteiger partial charge >= 0.3 is 0 Å². The quantitative estimate of drug-likeness (QED) is 0.712. The maximum atomic E-state index is 3.74. The van der Waals surface area contributed by atoms with Crippen molar-refractivity contribution in [1.82, 2.24) is 5.32 Å². The lowest BCUT2D eigenvalue weighted by atomic mass is 9.69. The highest BCUT2D eigenvalue weighted by Gasteiger charge is 2.32. The predicted molar refractivity (Wildman–Crippen MR) is 93.3 cm³/mol. The van der Waals surface area contributed by atoms with Crippen LogP contribution in [0.5, 0.6) is 0 Å². The number of nitrogens with one attached hydrogen (secondary N) is 1. The molecule has 0 unspecified atom stereocenters. The second kappa shape index (κ2) is 6.83. The van der Waals surface area contributed by atoms with E-state index in [-0.39, 0.29) is 0 Å². The number of hydrogen-bond acceptors (Lipinski definition) is 2. The van der Waals surface area contributed by atoms with Crippen molar-refractivity contribution >= 4 is 11.3 Å². The molecule has 0 atom stereocenters. The molecule has 1 aromatic rings. The second-order valence-corrected chi connectivity index (χ2v) is 8.84. The average Bonchev–Trinajstić information content (AvgIpc) is 3.23. The number of aryl methyl sites for hydroxylation is 3. The summed E-state index contributed by atoms with van der Waals surface area (Å²) in [5.41, 5.74) is 2.17. The molecule has 3 rings (SSSR count). The van der Waals surface area contributed by atoms with E-state index in [1.165, 1.54) is 81.2 Å². The van der Waals surface area contributed by atoms with Crippen LogP contribution in [0.3, 0.4) is 0 Å². The van der Waals surface area contributed by atoms with E-state index in [1.807, 2.05) is 11.3 Å². The van der Waals surface area contributed by atoms with Crippen LogP contribution >= 0.6 is 11.3 Å². The van der Waals surface area contributed by atoms with Crippen molar-refractivity contribution in [1.29, 1.82) is 0 Å². The maximum Gasteiger partial charge on any atom is 0.00774 e. The van der Waals surface area contributed by atoms with Gasteiger partial charge in [0.1, 0.15) is 0 Å². The lowest BCUT2D eigenvalue weighted by Crippen LogP contribution is -2.30. The van der Waals surface area contributed by atoms with Crippen molar-refractivity contribution in [3.05, 3.63) is 21.4 Å². The van der Waals surface area contributed by atoms with Crippen molar-refractivity contribution in [2.45, 2.75) is 84.1 Å². The van der Waals surface area contributed by atoms with E-state index in [0.29, 0.717) is 5.41 Å². The summed E-state index contributed by atoms with van der Waals surface area (Å²) in [4.78, 5) is 3.13. The monoisotopic (exact) mass is 305 g/mol. The summed E-state index contributed by atoms with van der Waals surface area (Å²) in [6, 6.07) is 3.23. The van der Waals surface area contributed by atoms with Crippen molar-refractivity contribution in [3.8, 4) is 0 Å². The zero-order valence-electron chi connectivity index (χ0n) is 13.8. The summed E-state index contributed by atoms with van der Waals surface area (Å²) < 4.78 is 0. The summed E-state index contributed by atoms with van der Waals surface area (Å²) in [7, 11) is 0. The van der Waals surface area contributed by atoms with Crippen LogP contribution < -0.4 is 5.32 Å². The molecule has 1 N–H and O–H groups in total. The molecule has 0 spiro atoms. The zero-order valence-corrected chi connectivity index (χ0v) is 14.7. The van der Waals surface area contributed by atoms with E-state index in [1.54, 1.807) is 4.88 Å². The highest BCUT2D eigenvalue weighted by atomic mass is 32.1. The van der Waals surface area contributed by atoms with Crippen molar-refractivity contribution in [2.24, 2.45) is 5.41 Å². The van der Waals surface area contributed by atoms with Crippen molar-refractivity contribution in [3.63, 3.8) is 0 Å². The van der Waals surface area contributed by atoms with E-state index in [4.69, 9.17) is 0 Å². The molecular weight excluding hydrogens is 274 g/mol. The molecule has 0 radical (unpaired) electrons. The number of thiophene rings is 1. The van der Waals surface area contributed by atoms with Gasteiger partial charge in [0, 0.05) is 15.8 Å². The molecule has 0 saturated heterocycles. The van der Waals surface area contributed by atoms with Gasteiger partial charge in [-0.1, -0.05) is 19.3 Å². The van der Waals surface area contributed by atoms with Gasteiger partial charge in [0.05, 0.1) is 0 Å². The smallest absolute Gasteiger partial charge is 0.00774 e. The van der Waals surface area contributed by atoms with E-state index in [9.17, 15) is 0 Å². The fraction of sp³-hybridized carbons (Fsp3) is 0.789. The normalized spacial score (nSPS) is 21.6. The standard InChI is InChI=1S/C19H31NS/c1-15-14-16(2)21-18(15)8-11-19(9-4-3-5-10-19)12-13-20-17-6-7-17/h14,17,20H,3-13H2,1-2H3. The minimum absolute atomic E-state index is 0.643. The van der Waals surface area contributed by atoms with Gasteiger partial charge in [0.2, 0.25) is 0 Å². The Bertz CT molecular complexity index is 452. The van der Waals surface area contributed by atoms with Crippen LogP contribution in [0.15, 0.2) is 6.07 Å². The van der Waals surface area contributed by atoms with Gasteiger partial charge in [-0.3, -0.25) is 0 Å². The topological polar surface area (TPSA) is 12.0 Å². The van der Waals surface area contributed by atoms with Crippen molar-refractivity contribution in [2.75, 3.05) is 6.54 Å². The molecule has 0 aliphatic heterocycles. The molecule has 2 heteroatoms. The highest BCUT2D eigenvalue weighted by Crippen LogP contribution is 2.43. The SMILES string of the molecule is Cc1cc(C)c(CCC2(CCNC3CC3)CCCCC2)s1. The predicted octanol–water partition coefficient (Wildman–Crippen LogP) is 5.39. The summed E-state index contributed by atoms with van der Waals surface area (Å²) in [5.74, 6) is 0. The summed E-state index contributed by atoms with van der Waals surface area (Å²) in [5, 5.41) is 3.74. The zero-order chi connectivity index (χ0) is 14.7. The Morgan fingerprint density at radius 1 is 1.14 bits per heavy atom. The van der Waals surface area contributed by atoms with Crippen LogP contribution in [0, 0.1) is 19.3 Å². The minimum Gasteiger partial charge on any atom is -0.314 e. The van der Waals surface area contributed by atoms with Gasteiger partial charge in [-0.25, -0.2) is 0 Å². The van der Waals surface area contributed by atoms with Crippen LogP contribution in [-0.2, 0) is 6.42 Å². The van der Waals surface area contributed by atoms with E-state index in [2.05, 4.69) is 25.2 Å². The molecule has 2 saturated carbocycles. The fourth-order valence-electron chi connectivity index (χ4n) is 4.07. The van der Waals surface area contributed by atoms with Gasteiger partial charge in [0.15, 0.2) is 0 Å². The number of rotatable bonds is 7. The van der Waals surface area contributed by atoms with Crippen LogP contribution in [0.2, 0.25) is 0 Å². The first-order valence-corrected chi connectivity index (χ1v) is 9.78. The third kappa shape index (κ3) is 4.32. The second-order valence-electron chi connectivity index (χ2n) is 7.50. The minimum atomic E-state index is 0.643. The van der Waals surface area contributed by atoms with Crippen LogP contribution in [0.1, 0.15) is 73.1 Å². The van der Waals surface area contributed by atoms with Gasteiger partial charge in [-0.2, -0.15) is 0 Å². The molecule has 2 fully saturated rings. The summed E-state index contributed by atoms with van der Waals surface area (Å²) in [6.07, 6.45) is 14.3. The summed E-state index contributed by atoms with van der Waals surface area (Å²) >= 11 is 2.02. The molecule has 2 aliphatic rings. The van der Waals surface area contributed by atoms with Gasteiger partial charge < -0.3 is 5.32 Å². The molecule has 2 aliphatic carbocycles. The van der Waals surface area contributed by atoms with Gasteiger partial charge in [-0.05, 0) is 82.4 Å². The van der Waals surface area contributed by atoms with Crippen LogP contribution in [-0.4, -0.2) is 12.6 Å². The largest absolute Gasteiger partial charge is 0.314 e. The van der Waals surface area contributed by atoms with Crippen molar-refractivity contribution < 1.29 is 0 Å². The van der Waals surface area contributed by atoms with E-state index in [0.717, 1.165) is 6.04 Å².